The number of benzene rings is 3. The van der Waals surface area contributed by atoms with Crippen molar-refractivity contribution in [3.63, 3.8) is 0 Å². The molecule has 0 saturated carbocycles. The molecule has 3 aromatic carbocycles. The van der Waals surface area contributed by atoms with Crippen molar-refractivity contribution in [2.24, 2.45) is 0 Å². The Kier molecular flexibility index (Phi) is 8.82. The molecule has 2 saturated heterocycles. The van der Waals surface area contributed by atoms with E-state index < -0.39 is 24.3 Å². The van der Waals surface area contributed by atoms with E-state index in [1.54, 1.807) is 56.4 Å². The SMILES string of the molecule is C=CCN1CC(=O)N2C(Cc3ccc(O)cc3)C(=O)N(C(c3ccccn3)c3cccc4cc[nH]c34)CC2N1C(=O)NCc1ccccc1. The van der Waals surface area contributed by atoms with Gasteiger partial charge in [-0.2, -0.15) is 0 Å². The van der Waals surface area contributed by atoms with Gasteiger partial charge in [-0.3, -0.25) is 14.6 Å². The topological polar surface area (TPSA) is 125 Å². The van der Waals surface area contributed by atoms with Gasteiger partial charge in [0.15, 0.2) is 0 Å². The molecular weight excluding hydrogens is 618 g/mol. The lowest BCUT2D eigenvalue weighted by Crippen LogP contribution is -2.76. The summed E-state index contributed by atoms with van der Waals surface area (Å²) in [7, 11) is 0. The third-order valence-electron chi connectivity index (χ3n) is 9.17. The zero-order valence-corrected chi connectivity index (χ0v) is 26.9. The molecule has 4 heterocycles. The number of phenolic OH excluding ortho intramolecular Hbond substituents is 1. The highest BCUT2D eigenvalue weighted by molar-refractivity contribution is 5.93. The molecule has 5 aromatic rings. The molecule has 0 spiro atoms. The van der Waals surface area contributed by atoms with Crippen LogP contribution in [-0.2, 0) is 22.6 Å². The Morgan fingerprint density at radius 2 is 1.78 bits per heavy atom. The Balaban J connectivity index is 1.35. The second kappa shape index (κ2) is 13.7. The van der Waals surface area contributed by atoms with Crippen LogP contribution >= 0.6 is 0 Å². The van der Waals surface area contributed by atoms with Crippen molar-refractivity contribution in [2.45, 2.75) is 31.2 Å². The average Bonchev–Trinajstić information content (AvgIpc) is 3.61. The number of nitrogens with zero attached hydrogens (tertiary/aromatic N) is 5. The Morgan fingerprint density at radius 3 is 2.53 bits per heavy atom. The monoisotopic (exact) mass is 655 g/mol. The highest BCUT2D eigenvalue weighted by Crippen LogP contribution is 2.38. The number of hydrogen-bond acceptors (Lipinski definition) is 6. The summed E-state index contributed by atoms with van der Waals surface area (Å²) in [6, 6.07) is 27.8. The van der Waals surface area contributed by atoms with Crippen LogP contribution in [0.15, 0.2) is 122 Å². The Hall–Kier alpha value is -5.94. The summed E-state index contributed by atoms with van der Waals surface area (Å²) in [5.74, 6) is -0.432. The van der Waals surface area contributed by atoms with Gasteiger partial charge in [-0.15, -0.1) is 6.58 Å². The first-order chi connectivity index (χ1) is 23.9. The van der Waals surface area contributed by atoms with E-state index >= 15 is 0 Å². The average molecular weight is 656 g/mol. The van der Waals surface area contributed by atoms with E-state index in [1.165, 1.54) is 0 Å². The Bertz CT molecular complexity index is 1960. The van der Waals surface area contributed by atoms with Crippen molar-refractivity contribution in [2.75, 3.05) is 19.6 Å². The van der Waals surface area contributed by atoms with Crippen LogP contribution < -0.4 is 5.32 Å². The largest absolute Gasteiger partial charge is 0.508 e. The minimum absolute atomic E-state index is 0.0292. The first-order valence-electron chi connectivity index (χ1n) is 16.3. The molecule has 2 aromatic heterocycles. The van der Waals surface area contributed by atoms with Gasteiger partial charge >= 0.3 is 6.03 Å². The van der Waals surface area contributed by atoms with Crippen molar-refractivity contribution in [3.05, 3.63) is 144 Å². The number of amides is 4. The van der Waals surface area contributed by atoms with Gasteiger partial charge < -0.3 is 25.2 Å². The number of rotatable bonds is 9. The number of urea groups is 1. The third kappa shape index (κ3) is 6.23. The predicted molar refractivity (Wildman–Crippen MR) is 185 cm³/mol. The summed E-state index contributed by atoms with van der Waals surface area (Å²) >= 11 is 0. The molecule has 0 bridgehead atoms. The zero-order chi connectivity index (χ0) is 33.9. The zero-order valence-electron chi connectivity index (χ0n) is 26.9. The van der Waals surface area contributed by atoms with Gasteiger partial charge in [0.2, 0.25) is 11.8 Å². The number of nitrogens with one attached hydrogen (secondary N) is 2. The molecule has 2 aliphatic rings. The molecule has 3 unspecified atom stereocenters. The number of carbonyl (C=O) groups is 3. The van der Waals surface area contributed by atoms with E-state index in [4.69, 9.17) is 4.98 Å². The fourth-order valence-electron chi connectivity index (χ4n) is 6.96. The number of carbonyl (C=O) groups excluding carboxylic acids is 3. The molecule has 11 heteroatoms. The van der Waals surface area contributed by atoms with E-state index in [0.717, 1.165) is 27.6 Å². The summed E-state index contributed by atoms with van der Waals surface area (Å²) in [6.07, 6.45) is 4.56. The van der Waals surface area contributed by atoms with Crippen molar-refractivity contribution in [1.82, 2.24) is 35.1 Å². The second-order valence-electron chi connectivity index (χ2n) is 12.2. The smallest absolute Gasteiger partial charge is 0.334 e. The van der Waals surface area contributed by atoms with E-state index in [0.29, 0.717) is 5.69 Å². The molecule has 3 atom stereocenters. The molecule has 0 aliphatic carbocycles. The summed E-state index contributed by atoms with van der Waals surface area (Å²) in [4.78, 5) is 54.6. The van der Waals surface area contributed by atoms with E-state index in [1.807, 2.05) is 79.0 Å². The molecule has 49 heavy (non-hydrogen) atoms. The predicted octanol–water partition coefficient (Wildman–Crippen LogP) is 4.59. The summed E-state index contributed by atoms with van der Waals surface area (Å²) in [5, 5.41) is 17.3. The van der Waals surface area contributed by atoms with Crippen LogP contribution in [0.2, 0.25) is 0 Å². The summed E-state index contributed by atoms with van der Waals surface area (Å²) < 4.78 is 0. The minimum Gasteiger partial charge on any atom is -0.508 e. The normalized spacial score (nSPS) is 18.7. The van der Waals surface area contributed by atoms with Crippen LogP contribution in [0.3, 0.4) is 0 Å². The first kappa shape index (κ1) is 31.6. The number of aromatic hydroxyl groups is 1. The highest BCUT2D eigenvalue weighted by atomic mass is 16.3. The van der Waals surface area contributed by atoms with Crippen LogP contribution in [0, 0.1) is 0 Å². The number of piperazine rings is 1. The number of pyridine rings is 1. The number of fused-ring (bicyclic) bond motifs is 2. The van der Waals surface area contributed by atoms with Crippen molar-refractivity contribution in [3.8, 4) is 5.75 Å². The maximum Gasteiger partial charge on any atom is 0.334 e. The molecule has 11 nitrogen and oxygen atoms in total. The molecule has 0 radical (unpaired) electrons. The minimum atomic E-state index is -0.944. The van der Waals surface area contributed by atoms with E-state index in [-0.39, 0.29) is 50.2 Å². The van der Waals surface area contributed by atoms with Crippen molar-refractivity contribution in [1.29, 1.82) is 0 Å². The Morgan fingerprint density at radius 1 is 0.980 bits per heavy atom. The fraction of sp³-hybridized carbons (Fsp3) is 0.211. The van der Waals surface area contributed by atoms with Gasteiger partial charge in [0, 0.05) is 37.5 Å². The maximum absolute atomic E-state index is 15.0. The van der Waals surface area contributed by atoms with E-state index in [2.05, 4.69) is 16.9 Å². The number of hydrogen-bond donors (Lipinski definition) is 3. The van der Waals surface area contributed by atoms with Gasteiger partial charge in [-0.1, -0.05) is 72.8 Å². The molecular formula is C38H37N7O4. The molecule has 248 valence electrons. The fourth-order valence-corrected chi connectivity index (χ4v) is 6.96. The standard InChI is InChI=1S/C38H37N7O4/c1-2-21-42-25-34(47)44-32(22-26-14-16-29(46)17-15-26)37(48)43(24-33(44)45(42)38(49)41-23-27-9-4-3-5-10-27)36(31-13-6-7-19-39-31)30-12-8-11-28-18-20-40-35(28)30/h2-20,32-33,36,40,46H,1,21-25H2,(H,41,49). The molecule has 2 fully saturated rings. The summed E-state index contributed by atoms with van der Waals surface area (Å²) in [5.41, 5.74) is 4.06. The second-order valence-corrected chi connectivity index (χ2v) is 12.2. The van der Waals surface area contributed by atoms with Crippen LogP contribution in [0.5, 0.6) is 5.75 Å². The molecule has 3 N–H and O–H groups in total. The number of aromatic nitrogens is 2. The third-order valence-corrected chi connectivity index (χ3v) is 9.17. The van der Waals surface area contributed by atoms with Crippen molar-refractivity contribution >= 4 is 28.7 Å². The lowest BCUT2D eigenvalue weighted by Gasteiger charge is -2.56. The summed E-state index contributed by atoms with van der Waals surface area (Å²) in [6.45, 7) is 4.34. The number of phenols is 1. The molecule has 2 aliphatic heterocycles. The van der Waals surface area contributed by atoms with Crippen LogP contribution in [0.1, 0.15) is 28.4 Å². The lowest BCUT2D eigenvalue weighted by atomic mass is 9.93. The highest BCUT2D eigenvalue weighted by Gasteiger charge is 2.53. The van der Waals surface area contributed by atoms with Crippen molar-refractivity contribution < 1.29 is 19.5 Å². The quantitative estimate of drug-likeness (QED) is 0.200. The van der Waals surface area contributed by atoms with Gasteiger partial charge in [-0.05, 0) is 46.8 Å². The number of aromatic amines is 1. The van der Waals surface area contributed by atoms with Gasteiger partial charge in [-0.25, -0.2) is 14.8 Å². The molecule has 7 rings (SSSR count). The Labute approximate surface area is 284 Å². The number of H-pyrrole nitrogens is 1. The first-order valence-corrected chi connectivity index (χ1v) is 16.3. The lowest BCUT2D eigenvalue weighted by molar-refractivity contribution is -0.190. The van der Waals surface area contributed by atoms with Crippen LogP contribution in [0.25, 0.3) is 10.9 Å². The van der Waals surface area contributed by atoms with Crippen LogP contribution in [0.4, 0.5) is 4.79 Å². The maximum atomic E-state index is 15.0. The van der Waals surface area contributed by atoms with Crippen LogP contribution in [-0.4, -0.2) is 84.6 Å². The van der Waals surface area contributed by atoms with Gasteiger partial charge in [0.25, 0.3) is 0 Å². The number of para-hydroxylation sites is 1. The molecule has 4 amide bonds. The number of hydrazine groups is 1. The van der Waals surface area contributed by atoms with Gasteiger partial charge in [0.1, 0.15) is 24.0 Å². The van der Waals surface area contributed by atoms with Gasteiger partial charge in [0.05, 0.1) is 24.3 Å². The van der Waals surface area contributed by atoms with E-state index in [9.17, 15) is 19.5 Å².